The topological polar surface area (TPSA) is 64.1 Å². The summed E-state index contributed by atoms with van der Waals surface area (Å²) in [7, 11) is 0. The molecule has 1 N–H and O–H groups in total. The van der Waals surface area contributed by atoms with Crippen molar-refractivity contribution in [3.63, 3.8) is 0 Å². The van der Waals surface area contributed by atoms with Crippen LogP contribution in [0.4, 0.5) is 0 Å². The van der Waals surface area contributed by atoms with Crippen LogP contribution in [0.1, 0.15) is 30.3 Å². The van der Waals surface area contributed by atoms with Gasteiger partial charge in [0.1, 0.15) is 12.0 Å². The van der Waals surface area contributed by atoms with Crippen molar-refractivity contribution in [3.05, 3.63) is 23.9 Å². The maximum Gasteiger partial charge on any atom is 0.261 e. The molecule has 0 aromatic carbocycles. The highest BCUT2D eigenvalue weighted by Crippen LogP contribution is 2.25. The fraction of sp³-hybridized carbons (Fsp3) is 0.500. The summed E-state index contributed by atoms with van der Waals surface area (Å²) < 4.78 is 10.5. The van der Waals surface area contributed by atoms with E-state index in [1.54, 1.807) is 6.26 Å². The standard InChI is InChI=1S/C12H15N3O2/c1-8-5-10(7-16-8)12-14-11(15-17-12)9-3-2-4-13-6-9/h5,7,9,13H,2-4,6H2,1H3. The van der Waals surface area contributed by atoms with Gasteiger partial charge in [0, 0.05) is 12.5 Å². The summed E-state index contributed by atoms with van der Waals surface area (Å²) in [6.45, 7) is 3.91. The number of aromatic nitrogens is 2. The quantitative estimate of drug-likeness (QED) is 0.860. The lowest BCUT2D eigenvalue weighted by Gasteiger charge is -2.19. The van der Waals surface area contributed by atoms with Crippen molar-refractivity contribution in [1.82, 2.24) is 15.5 Å². The maximum absolute atomic E-state index is 5.27. The minimum absolute atomic E-state index is 0.370. The second-order valence-corrected chi connectivity index (χ2v) is 4.45. The Balaban J connectivity index is 1.82. The average molecular weight is 233 g/mol. The number of furan rings is 1. The van der Waals surface area contributed by atoms with E-state index in [2.05, 4.69) is 15.5 Å². The van der Waals surface area contributed by atoms with Gasteiger partial charge in [-0.05, 0) is 32.4 Å². The van der Waals surface area contributed by atoms with Crippen molar-refractivity contribution in [3.8, 4) is 11.5 Å². The molecule has 0 amide bonds. The number of aryl methyl sites for hydroxylation is 1. The molecule has 90 valence electrons. The second kappa shape index (κ2) is 4.33. The maximum atomic E-state index is 5.27. The van der Waals surface area contributed by atoms with Crippen LogP contribution in [-0.4, -0.2) is 23.2 Å². The second-order valence-electron chi connectivity index (χ2n) is 4.45. The van der Waals surface area contributed by atoms with Crippen LogP contribution in [-0.2, 0) is 0 Å². The lowest BCUT2D eigenvalue weighted by molar-refractivity contribution is 0.393. The molecule has 2 aromatic rings. The van der Waals surface area contributed by atoms with Gasteiger partial charge in [-0.1, -0.05) is 5.16 Å². The Labute approximate surface area is 99.2 Å². The fourth-order valence-corrected chi connectivity index (χ4v) is 2.15. The Morgan fingerprint density at radius 3 is 3.12 bits per heavy atom. The predicted octanol–water partition coefficient (Wildman–Crippen LogP) is 2.11. The van der Waals surface area contributed by atoms with Crippen LogP contribution in [0, 0.1) is 6.92 Å². The predicted molar refractivity (Wildman–Crippen MR) is 61.6 cm³/mol. The van der Waals surface area contributed by atoms with Crippen molar-refractivity contribution in [2.45, 2.75) is 25.7 Å². The first-order chi connectivity index (χ1) is 8.33. The summed E-state index contributed by atoms with van der Waals surface area (Å²) in [5.41, 5.74) is 0.852. The van der Waals surface area contributed by atoms with Crippen LogP contribution in [0.15, 0.2) is 21.3 Å². The molecule has 1 aliphatic rings. The molecule has 1 saturated heterocycles. The SMILES string of the molecule is Cc1cc(-c2nc(C3CCCNC3)no2)co1. The monoisotopic (exact) mass is 233 g/mol. The Bertz CT molecular complexity index is 497. The highest BCUT2D eigenvalue weighted by atomic mass is 16.5. The molecule has 1 aliphatic heterocycles. The first-order valence-electron chi connectivity index (χ1n) is 5.93. The van der Waals surface area contributed by atoms with E-state index >= 15 is 0 Å². The molecule has 3 rings (SSSR count). The van der Waals surface area contributed by atoms with E-state index < -0.39 is 0 Å². The normalized spacial score (nSPS) is 20.6. The molecule has 17 heavy (non-hydrogen) atoms. The lowest BCUT2D eigenvalue weighted by Crippen LogP contribution is -2.28. The lowest BCUT2D eigenvalue weighted by atomic mass is 9.99. The number of hydrogen-bond acceptors (Lipinski definition) is 5. The van der Waals surface area contributed by atoms with Crippen molar-refractivity contribution in [2.24, 2.45) is 0 Å². The van der Waals surface area contributed by atoms with E-state index in [0.717, 1.165) is 36.7 Å². The third-order valence-corrected chi connectivity index (χ3v) is 3.08. The summed E-state index contributed by atoms with van der Waals surface area (Å²) in [5.74, 6) is 2.56. The minimum Gasteiger partial charge on any atom is -0.469 e. The van der Waals surface area contributed by atoms with Gasteiger partial charge in [0.05, 0.1) is 5.56 Å². The molecule has 0 aliphatic carbocycles. The Morgan fingerprint density at radius 2 is 2.41 bits per heavy atom. The highest BCUT2D eigenvalue weighted by molar-refractivity contribution is 5.51. The van der Waals surface area contributed by atoms with E-state index in [4.69, 9.17) is 8.94 Å². The van der Waals surface area contributed by atoms with Crippen molar-refractivity contribution in [1.29, 1.82) is 0 Å². The molecular weight excluding hydrogens is 218 g/mol. The average Bonchev–Trinajstić information content (AvgIpc) is 2.98. The van der Waals surface area contributed by atoms with Gasteiger partial charge in [-0.15, -0.1) is 0 Å². The molecule has 0 spiro atoms. The molecule has 0 saturated carbocycles. The van der Waals surface area contributed by atoms with Crippen molar-refractivity contribution < 1.29 is 8.94 Å². The van der Waals surface area contributed by atoms with E-state index in [-0.39, 0.29) is 0 Å². The number of rotatable bonds is 2. The molecule has 1 atom stereocenters. The molecule has 1 unspecified atom stereocenters. The number of nitrogens with one attached hydrogen (secondary N) is 1. The smallest absolute Gasteiger partial charge is 0.261 e. The molecule has 0 bridgehead atoms. The summed E-state index contributed by atoms with van der Waals surface area (Å²) in [6.07, 6.45) is 3.93. The summed E-state index contributed by atoms with van der Waals surface area (Å²) in [6, 6.07) is 1.90. The van der Waals surface area contributed by atoms with Crippen molar-refractivity contribution in [2.75, 3.05) is 13.1 Å². The third kappa shape index (κ3) is 2.10. The van der Waals surface area contributed by atoms with Gasteiger partial charge >= 0.3 is 0 Å². The van der Waals surface area contributed by atoms with E-state index in [0.29, 0.717) is 11.8 Å². The molecule has 5 heteroatoms. The highest BCUT2D eigenvalue weighted by Gasteiger charge is 2.21. The molecule has 1 fully saturated rings. The van der Waals surface area contributed by atoms with Gasteiger partial charge in [0.25, 0.3) is 5.89 Å². The van der Waals surface area contributed by atoms with Crippen LogP contribution in [0.3, 0.4) is 0 Å². The van der Waals surface area contributed by atoms with Crippen LogP contribution < -0.4 is 5.32 Å². The summed E-state index contributed by atoms with van der Waals surface area (Å²) >= 11 is 0. The van der Waals surface area contributed by atoms with Crippen LogP contribution >= 0.6 is 0 Å². The first-order valence-corrected chi connectivity index (χ1v) is 5.93. The summed E-state index contributed by atoms with van der Waals surface area (Å²) in [5, 5.41) is 7.40. The summed E-state index contributed by atoms with van der Waals surface area (Å²) in [4.78, 5) is 4.44. The number of nitrogens with zero attached hydrogens (tertiary/aromatic N) is 2. The fourth-order valence-electron chi connectivity index (χ4n) is 2.15. The van der Waals surface area contributed by atoms with Gasteiger partial charge in [-0.2, -0.15) is 4.98 Å². The largest absolute Gasteiger partial charge is 0.469 e. The minimum atomic E-state index is 0.370. The zero-order valence-corrected chi connectivity index (χ0v) is 9.77. The van der Waals surface area contributed by atoms with Crippen LogP contribution in [0.5, 0.6) is 0 Å². The number of hydrogen-bond donors (Lipinski definition) is 1. The van der Waals surface area contributed by atoms with E-state index in [1.165, 1.54) is 6.42 Å². The molecule has 2 aromatic heterocycles. The van der Waals surface area contributed by atoms with Gasteiger partial charge in [0.2, 0.25) is 0 Å². The molecule has 5 nitrogen and oxygen atoms in total. The third-order valence-electron chi connectivity index (χ3n) is 3.08. The van der Waals surface area contributed by atoms with Gasteiger partial charge in [0.15, 0.2) is 5.82 Å². The van der Waals surface area contributed by atoms with Gasteiger partial charge < -0.3 is 14.3 Å². The zero-order valence-electron chi connectivity index (χ0n) is 9.77. The van der Waals surface area contributed by atoms with E-state index in [1.807, 2.05) is 13.0 Å². The molecule has 0 radical (unpaired) electrons. The molecule has 3 heterocycles. The van der Waals surface area contributed by atoms with Gasteiger partial charge in [-0.3, -0.25) is 0 Å². The first kappa shape index (κ1) is 10.5. The van der Waals surface area contributed by atoms with Crippen LogP contribution in [0.25, 0.3) is 11.5 Å². The van der Waals surface area contributed by atoms with Crippen molar-refractivity contribution >= 4 is 0 Å². The Morgan fingerprint density at radius 1 is 1.47 bits per heavy atom. The van der Waals surface area contributed by atoms with Gasteiger partial charge in [-0.25, -0.2) is 0 Å². The van der Waals surface area contributed by atoms with E-state index in [9.17, 15) is 0 Å². The number of piperidine rings is 1. The van der Waals surface area contributed by atoms with Crippen LogP contribution in [0.2, 0.25) is 0 Å². The Hall–Kier alpha value is -1.62. The zero-order chi connectivity index (χ0) is 11.7. The molecular formula is C12H15N3O2. The Kier molecular flexibility index (Phi) is 2.68.